The number of nitrogens with two attached hydrogens (primary N) is 1. The van der Waals surface area contributed by atoms with Crippen LogP contribution in [0.3, 0.4) is 0 Å². The van der Waals surface area contributed by atoms with Crippen LogP contribution in [0.2, 0.25) is 5.02 Å². The van der Waals surface area contributed by atoms with Gasteiger partial charge in [0.15, 0.2) is 0 Å². The summed E-state index contributed by atoms with van der Waals surface area (Å²) in [6, 6.07) is 5.74. The van der Waals surface area contributed by atoms with Crippen LogP contribution in [0.15, 0.2) is 22.7 Å². The van der Waals surface area contributed by atoms with Gasteiger partial charge in [-0.3, -0.25) is 0 Å². The highest BCUT2D eigenvalue weighted by molar-refractivity contribution is 9.10. The highest BCUT2D eigenvalue weighted by atomic mass is 79.9. The van der Waals surface area contributed by atoms with Crippen molar-refractivity contribution in [2.75, 3.05) is 6.61 Å². The van der Waals surface area contributed by atoms with E-state index >= 15 is 0 Å². The van der Waals surface area contributed by atoms with Crippen molar-refractivity contribution in [2.45, 2.75) is 26.0 Å². The van der Waals surface area contributed by atoms with E-state index < -0.39 is 0 Å². The van der Waals surface area contributed by atoms with Crippen molar-refractivity contribution >= 4 is 27.5 Å². The maximum absolute atomic E-state index is 6.04. The molecule has 0 saturated carbocycles. The Morgan fingerprint density at radius 3 is 2.67 bits per heavy atom. The SMILES string of the molecule is CC(C)(N)COCc1ccc(Br)cc1Cl. The quantitative estimate of drug-likeness (QED) is 0.923. The molecule has 0 aromatic heterocycles. The second-order valence-electron chi connectivity index (χ2n) is 4.22. The van der Waals surface area contributed by atoms with Gasteiger partial charge in [-0.05, 0) is 31.5 Å². The van der Waals surface area contributed by atoms with Gasteiger partial charge in [-0.2, -0.15) is 0 Å². The van der Waals surface area contributed by atoms with Gasteiger partial charge in [-0.25, -0.2) is 0 Å². The molecule has 1 aromatic carbocycles. The number of ether oxygens (including phenoxy) is 1. The number of rotatable bonds is 4. The first-order chi connectivity index (χ1) is 6.88. The molecule has 0 unspecified atom stereocenters. The molecular weight excluding hydrogens is 277 g/mol. The molecule has 4 heteroatoms. The van der Waals surface area contributed by atoms with Crippen LogP contribution in [0.5, 0.6) is 0 Å². The van der Waals surface area contributed by atoms with Crippen molar-refractivity contribution in [1.82, 2.24) is 0 Å². The van der Waals surface area contributed by atoms with Crippen molar-refractivity contribution in [1.29, 1.82) is 0 Å². The first-order valence-corrected chi connectivity index (χ1v) is 5.86. The summed E-state index contributed by atoms with van der Waals surface area (Å²) >= 11 is 9.39. The van der Waals surface area contributed by atoms with Crippen LogP contribution >= 0.6 is 27.5 Å². The molecule has 0 heterocycles. The van der Waals surface area contributed by atoms with Gasteiger partial charge in [0.1, 0.15) is 0 Å². The Bertz CT molecular complexity index is 336. The van der Waals surface area contributed by atoms with E-state index in [2.05, 4.69) is 15.9 Å². The Labute approximate surface area is 104 Å². The molecule has 1 rings (SSSR count). The molecule has 2 N–H and O–H groups in total. The third-order valence-corrected chi connectivity index (χ3v) is 2.59. The first kappa shape index (κ1) is 13.0. The molecule has 0 atom stereocenters. The topological polar surface area (TPSA) is 35.2 Å². The molecule has 0 aliphatic heterocycles. The number of hydrogen-bond donors (Lipinski definition) is 1. The predicted molar refractivity (Wildman–Crippen MR) is 67.1 cm³/mol. The Balaban J connectivity index is 2.51. The molecule has 2 nitrogen and oxygen atoms in total. The van der Waals surface area contributed by atoms with Crippen LogP contribution in [0.25, 0.3) is 0 Å². The third kappa shape index (κ3) is 4.98. The summed E-state index contributed by atoms with van der Waals surface area (Å²) in [6.45, 7) is 4.86. The molecule has 0 aliphatic carbocycles. The molecule has 0 fully saturated rings. The van der Waals surface area contributed by atoms with Gasteiger partial charge in [0, 0.05) is 15.0 Å². The number of benzene rings is 1. The first-order valence-electron chi connectivity index (χ1n) is 4.69. The van der Waals surface area contributed by atoms with E-state index in [4.69, 9.17) is 22.1 Å². The lowest BCUT2D eigenvalue weighted by atomic mass is 10.1. The van der Waals surface area contributed by atoms with Gasteiger partial charge in [-0.15, -0.1) is 0 Å². The van der Waals surface area contributed by atoms with E-state index in [9.17, 15) is 0 Å². The van der Waals surface area contributed by atoms with E-state index in [1.165, 1.54) is 0 Å². The Morgan fingerprint density at radius 2 is 2.13 bits per heavy atom. The third-order valence-electron chi connectivity index (χ3n) is 1.75. The summed E-state index contributed by atoms with van der Waals surface area (Å²) in [6.07, 6.45) is 0. The number of halogens is 2. The summed E-state index contributed by atoms with van der Waals surface area (Å²) in [7, 11) is 0. The Hall–Kier alpha value is -0.0900. The van der Waals surface area contributed by atoms with Gasteiger partial charge in [0.2, 0.25) is 0 Å². The largest absolute Gasteiger partial charge is 0.375 e. The number of hydrogen-bond acceptors (Lipinski definition) is 2. The monoisotopic (exact) mass is 291 g/mol. The van der Waals surface area contributed by atoms with Crippen LogP contribution in [0, 0.1) is 0 Å². The average Bonchev–Trinajstić information content (AvgIpc) is 2.07. The van der Waals surface area contributed by atoms with Gasteiger partial charge < -0.3 is 10.5 Å². The van der Waals surface area contributed by atoms with Crippen LogP contribution in [0.4, 0.5) is 0 Å². The van der Waals surface area contributed by atoms with E-state index in [0.29, 0.717) is 18.2 Å². The second-order valence-corrected chi connectivity index (χ2v) is 5.54. The summed E-state index contributed by atoms with van der Waals surface area (Å²) in [5, 5.41) is 0.708. The normalized spacial score (nSPS) is 11.8. The zero-order valence-corrected chi connectivity index (χ0v) is 11.2. The van der Waals surface area contributed by atoms with Gasteiger partial charge in [-0.1, -0.05) is 33.6 Å². The maximum atomic E-state index is 6.04. The fraction of sp³-hybridized carbons (Fsp3) is 0.455. The molecule has 0 aliphatic rings. The van der Waals surface area contributed by atoms with Crippen LogP contribution in [-0.2, 0) is 11.3 Å². The molecular formula is C11H15BrClNO. The lowest BCUT2D eigenvalue weighted by Crippen LogP contribution is -2.37. The minimum absolute atomic E-state index is 0.304. The molecule has 1 aromatic rings. The lowest BCUT2D eigenvalue weighted by Gasteiger charge is -2.18. The molecule has 0 bridgehead atoms. The molecule has 0 amide bonds. The Kier molecular flexibility index (Phi) is 4.59. The summed E-state index contributed by atoms with van der Waals surface area (Å²) < 4.78 is 6.45. The fourth-order valence-corrected chi connectivity index (χ4v) is 1.79. The lowest BCUT2D eigenvalue weighted by molar-refractivity contribution is 0.0851. The standard InChI is InChI=1S/C11H15BrClNO/c1-11(2,14)7-15-6-8-3-4-9(12)5-10(8)13/h3-5H,6-7,14H2,1-2H3. The molecule has 0 radical (unpaired) electrons. The minimum Gasteiger partial charge on any atom is -0.375 e. The zero-order valence-electron chi connectivity index (χ0n) is 8.89. The van der Waals surface area contributed by atoms with Crippen molar-refractivity contribution in [3.63, 3.8) is 0 Å². The minimum atomic E-state index is -0.304. The summed E-state index contributed by atoms with van der Waals surface area (Å²) in [4.78, 5) is 0. The maximum Gasteiger partial charge on any atom is 0.0732 e. The van der Waals surface area contributed by atoms with Crippen molar-refractivity contribution < 1.29 is 4.74 Å². The van der Waals surface area contributed by atoms with E-state index in [0.717, 1.165) is 10.0 Å². The van der Waals surface area contributed by atoms with Crippen LogP contribution < -0.4 is 5.73 Å². The van der Waals surface area contributed by atoms with Crippen molar-refractivity contribution in [3.05, 3.63) is 33.3 Å². The van der Waals surface area contributed by atoms with Gasteiger partial charge >= 0.3 is 0 Å². The van der Waals surface area contributed by atoms with Gasteiger partial charge in [0.05, 0.1) is 13.2 Å². The zero-order chi connectivity index (χ0) is 11.5. The summed E-state index contributed by atoms with van der Waals surface area (Å²) in [5.41, 5.74) is 6.47. The van der Waals surface area contributed by atoms with Crippen molar-refractivity contribution in [2.24, 2.45) is 5.73 Å². The fourth-order valence-electron chi connectivity index (χ4n) is 1.06. The molecule has 15 heavy (non-hydrogen) atoms. The molecule has 0 spiro atoms. The second kappa shape index (κ2) is 5.30. The molecule has 0 saturated heterocycles. The van der Waals surface area contributed by atoms with Crippen LogP contribution in [0.1, 0.15) is 19.4 Å². The van der Waals surface area contributed by atoms with E-state index in [1.54, 1.807) is 0 Å². The Morgan fingerprint density at radius 1 is 1.47 bits per heavy atom. The predicted octanol–water partition coefficient (Wildman–Crippen LogP) is 3.36. The average molecular weight is 293 g/mol. The highest BCUT2D eigenvalue weighted by Gasteiger charge is 2.10. The van der Waals surface area contributed by atoms with E-state index in [1.807, 2.05) is 32.0 Å². The highest BCUT2D eigenvalue weighted by Crippen LogP contribution is 2.22. The van der Waals surface area contributed by atoms with Crippen LogP contribution in [-0.4, -0.2) is 12.1 Å². The van der Waals surface area contributed by atoms with Crippen molar-refractivity contribution in [3.8, 4) is 0 Å². The smallest absolute Gasteiger partial charge is 0.0732 e. The van der Waals surface area contributed by atoms with Gasteiger partial charge in [0.25, 0.3) is 0 Å². The molecule has 84 valence electrons. The summed E-state index contributed by atoms with van der Waals surface area (Å²) in [5.74, 6) is 0. The van der Waals surface area contributed by atoms with E-state index in [-0.39, 0.29) is 5.54 Å².